The molecule has 0 bridgehead atoms. The number of nitrogens with one attached hydrogen (secondary N) is 1. The molecule has 6 rings (SSSR count). The Morgan fingerprint density at radius 2 is 1.54 bits per heavy atom. The van der Waals surface area contributed by atoms with Crippen molar-refractivity contribution >= 4 is 38.5 Å². The predicted octanol–water partition coefficient (Wildman–Crippen LogP) is 5.79. The molecule has 0 fully saturated rings. The van der Waals surface area contributed by atoms with Crippen molar-refractivity contribution in [1.82, 2.24) is 14.4 Å². The molecule has 0 aliphatic rings. The van der Waals surface area contributed by atoms with E-state index in [0.717, 1.165) is 27.7 Å². The Morgan fingerprint density at radius 3 is 2.46 bits per heavy atom. The fourth-order valence-corrected chi connectivity index (χ4v) is 3.87. The Bertz CT molecular complexity index is 1420. The van der Waals surface area contributed by atoms with Crippen LogP contribution in [0, 0.1) is 0 Å². The summed E-state index contributed by atoms with van der Waals surface area (Å²) in [6.07, 6.45) is 2.12. The largest absolute Gasteiger partial charge is 0.354 e. The highest BCUT2D eigenvalue weighted by molar-refractivity contribution is 6.11. The van der Waals surface area contributed by atoms with Crippen LogP contribution >= 0.6 is 0 Å². The van der Waals surface area contributed by atoms with Crippen LogP contribution in [0.15, 0.2) is 85.1 Å². The molecule has 122 valence electrons. The Labute approximate surface area is 149 Å². The quantitative estimate of drug-likeness (QED) is 0.406. The van der Waals surface area contributed by atoms with E-state index >= 15 is 0 Å². The molecule has 0 amide bonds. The molecule has 0 atom stereocenters. The molecule has 0 aliphatic carbocycles. The molecule has 0 radical (unpaired) electrons. The van der Waals surface area contributed by atoms with Crippen molar-refractivity contribution in [2.75, 3.05) is 0 Å². The first-order valence-corrected chi connectivity index (χ1v) is 8.74. The lowest BCUT2D eigenvalue weighted by Crippen LogP contribution is -1.85. The zero-order chi connectivity index (χ0) is 17.1. The number of hydrogen-bond donors (Lipinski definition) is 1. The molecule has 26 heavy (non-hydrogen) atoms. The van der Waals surface area contributed by atoms with Crippen molar-refractivity contribution in [3.05, 3.63) is 85.1 Å². The van der Waals surface area contributed by atoms with E-state index in [-0.39, 0.29) is 0 Å². The molecule has 0 aliphatic heterocycles. The number of hydrogen-bond acceptors (Lipinski definition) is 1. The van der Waals surface area contributed by atoms with Gasteiger partial charge in [-0.05, 0) is 41.5 Å². The Morgan fingerprint density at radius 1 is 0.692 bits per heavy atom. The van der Waals surface area contributed by atoms with Crippen molar-refractivity contribution in [2.45, 2.75) is 0 Å². The summed E-state index contributed by atoms with van der Waals surface area (Å²) in [5, 5.41) is 2.49. The standard InChI is InChI=1S/C23H15N3/c1-2-6-15(7-3-1)16-10-11-26-22-13-18-17-8-4-5-9-19(17)24-20(18)14-21(22)25-23(26)12-16/h1-14,24H. The van der Waals surface area contributed by atoms with Crippen molar-refractivity contribution in [3.63, 3.8) is 0 Å². The van der Waals surface area contributed by atoms with Crippen LogP contribution in [-0.2, 0) is 0 Å². The smallest absolute Gasteiger partial charge is 0.138 e. The minimum atomic E-state index is 0.971. The van der Waals surface area contributed by atoms with Crippen LogP contribution in [0.1, 0.15) is 0 Å². The molecule has 3 aromatic heterocycles. The summed E-state index contributed by atoms with van der Waals surface area (Å²) >= 11 is 0. The third-order valence-electron chi connectivity index (χ3n) is 5.14. The van der Waals surface area contributed by atoms with Crippen molar-refractivity contribution < 1.29 is 0 Å². The van der Waals surface area contributed by atoms with Crippen LogP contribution in [0.2, 0.25) is 0 Å². The number of nitrogens with zero attached hydrogens (tertiary/aromatic N) is 2. The topological polar surface area (TPSA) is 33.1 Å². The van der Waals surface area contributed by atoms with Gasteiger partial charge < -0.3 is 4.98 Å². The molecule has 3 nitrogen and oxygen atoms in total. The van der Waals surface area contributed by atoms with Crippen LogP contribution in [0.5, 0.6) is 0 Å². The number of rotatable bonds is 1. The van der Waals surface area contributed by atoms with Crippen LogP contribution < -0.4 is 0 Å². The second kappa shape index (κ2) is 4.96. The van der Waals surface area contributed by atoms with Gasteiger partial charge in [-0.15, -0.1) is 0 Å². The molecule has 0 spiro atoms. The molecule has 0 saturated carbocycles. The second-order valence-corrected chi connectivity index (χ2v) is 6.68. The Balaban J connectivity index is 1.65. The molecule has 0 unspecified atom stereocenters. The summed E-state index contributed by atoms with van der Waals surface area (Å²) in [5.74, 6) is 0. The lowest BCUT2D eigenvalue weighted by molar-refractivity contribution is 1.23. The van der Waals surface area contributed by atoms with Gasteiger partial charge in [-0.1, -0.05) is 48.5 Å². The highest BCUT2D eigenvalue weighted by Gasteiger charge is 2.10. The van der Waals surface area contributed by atoms with Gasteiger partial charge in [0.25, 0.3) is 0 Å². The van der Waals surface area contributed by atoms with Crippen LogP contribution in [0.25, 0.3) is 49.6 Å². The van der Waals surface area contributed by atoms with E-state index in [9.17, 15) is 0 Å². The highest BCUT2D eigenvalue weighted by Crippen LogP contribution is 2.30. The number of pyridine rings is 1. The minimum Gasteiger partial charge on any atom is -0.354 e. The van der Waals surface area contributed by atoms with Gasteiger partial charge in [-0.25, -0.2) is 4.98 Å². The van der Waals surface area contributed by atoms with E-state index < -0.39 is 0 Å². The number of benzene rings is 3. The number of aromatic amines is 1. The van der Waals surface area contributed by atoms with E-state index in [1.54, 1.807) is 0 Å². The van der Waals surface area contributed by atoms with Crippen LogP contribution in [0.3, 0.4) is 0 Å². The van der Waals surface area contributed by atoms with E-state index in [1.165, 1.54) is 21.9 Å². The number of H-pyrrole nitrogens is 1. The van der Waals surface area contributed by atoms with E-state index in [2.05, 4.69) is 88.4 Å². The third kappa shape index (κ3) is 1.85. The van der Waals surface area contributed by atoms with Gasteiger partial charge in [0.15, 0.2) is 0 Å². The first-order valence-electron chi connectivity index (χ1n) is 8.74. The van der Waals surface area contributed by atoms with Crippen molar-refractivity contribution in [1.29, 1.82) is 0 Å². The van der Waals surface area contributed by atoms with Crippen molar-refractivity contribution in [3.8, 4) is 11.1 Å². The first-order chi connectivity index (χ1) is 12.9. The van der Waals surface area contributed by atoms with E-state index in [1.807, 2.05) is 6.07 Å². The summed E-state index contributed by atoms with van der Waals surface area (Å²) < 4.78 is 2.17. The Hall–Kier alpha value is -3.59. The molecule has 6 aromatic rings. The SMILES string of the molecule is c1ccc(-c2ccn3c(c2)nc2cc4[nH]c5ccccc5c4cc23)cc1. The average Bonchev–Trinajstić information content (AvgIpc) is 3.23. The lowest BCUT2D eigenvalue weighted by atomic mass is 10.1. The summed E-state index contributed by atoms with van der Waals surface area (Å²) in [6.45, 7) is 0. The molecular formula is C23H15N3. The molecule has 3 heterocycles. The van der Waals surface area contributed by atoms with Gasteiger partial charge in [-0.2, -0.15) is 0 Å². The summed E-state index contributed by atoms with van der Waals surface area (Å²) in [6, 6.07) is 27.6. The minimum absolute atomic E-state index is 0.971. The zero-order valence-corrected chi connectivity index (χ0v) is 14.0. The second-order valence-electron chi connectivity index (χ2n) is 6.68. The summed E-state index contributed by atoms with van der Waals surface area (Å²) in [5.41, 5.74) is 7.80. The normalized spacial score (nSPS) is 11.8. The monoisotopic (exact) mass is 333 g/mol. The zero-order valence-electron chi connectivity index (χ0n) is 14.0. The van der Waals surface area contributed by atoms with Crippen LogP contribution in [-0.4, -0.2) is 14.4 Å². The third-order valence-corrected chi connectivity index (χ3v) is 5.14. The summed E-state index contributed by atoms with van der Waals surface area (Å²) in [4.78, 5) is 8.37. The van der Waals surface area contributed by atoms with Gasteiger partial charge >= 0.3 is 0 Å². The van der Waals surface area contributed by atoms with Gasteiger partial charge in [0.1, 0.15) is 5.65 Å². The van der Waals surface area contributed by atoms with E-state index in [0.29, 0.717) is 0 Å². The maximum Gasteiger partial charge on any atom is 0.138 e. The number of para-hydroxylation sites is 1. The lowest BCUT2D eigenvalue weighted by Gasteiger charge is -2.02. The summed E-state index contributed by atoms with van der Waals surface area (Å²) in [7, 11) is 0. The average molecular weight is 333 g/mol. The van der Waals surface area contributed by atoms with Crippen LogP contribution in [0.4, 0.5) is 0 Å². The molecule has 0 saturated heterocycles. The van der Waals surface area contributed by atoms with Gasteiger partial charge in [-0.3, -0.25) is 4.40 Å². The Kier molecular flexibility index (Phi) is 2.61. The van der Waals surface area contributed by atoms with Gasteiger partial charge in [0.05, 0.1) is 11.0 Å². The van der Waals surface area contributed by atoms with Gasteiger partial charge in [0, 0.05) is 28.0 Å². The van der Waals surface area contributed by atoms with E-state index in [4.69, 9.17) is 4.98 Å². The molecular weight excluding hydrogens is 318 g/mol. The van der Waals surface area contributed by atoms with Gasteiger partial charge in [0.2, 0.25) is 0 Å². The fraction of sp³-hybridized carbons (Fsp3) is 0. The highest BCUT2D eigenvalue weighted by atomic mass is 15.0. The van der Waals surface area contributed by atoms with Crippen molar-refractivity contribution in [2.24, 2.45) is 0 Å². The number of fused-ring (bicyclic) bond motifs is 6. The first kappa shape index (κ1) is 13.7. The maximum atomic E-state index is 4.86. The molecule has 3 aromatic carbocycles. The molecule has 3 heteroatoms. The predicted molar refractivity (Wildman–Crippen MR) is 107 cm³/mol. The number of imidazole rings is 1. The maximum absolute atomic E-state index is 4.86. The molecule has 1 N–H and O–H groups in total. The fourth-order valence-electron chi connectivity index (χ4n) is 3.87. The number of aromatic nitrogens is 3.